The van der Waals surface area contributed by atoms with E-state index in [4.69, 9.17) is 8.85 Å². The van der Waals surface area contributed by atoms with Crippen molar-refractivity contribution in [3.05, 3.63) is 0 Å². The summed E-state index contributed by atoms with van der Waals surface area (Å²) >= 11 is 0. The van der Waals surface area contributed by atoms with Crippen LogP contribution < -0.4 is 0 Å². The average molecular weight is 317 g/mol. The first-order valence-electron chi connectivity index (χ1n) is 9.20. The van der Waals surface area contributed by atoms with Crippen LogP contribution in [0.5, 0.6) is 0 Å². The summed E-state index contributed by atoms with van der Waals surface area (Å²) in [6.45, 7) is 17.5. The van der Waals surface area contributed by atoms with Crippen molar-refractivity contribution in [2.75, 3.05) is 13.2 Å². The second-order valence-corrected chi connectivity index (χ2v) is 10.7. The van der Waals surface area contributed by atoms with Gasteiger partial charge in [0.2, 0.25) is 0 Å². The Labute approximate surface area is 135 Å². The van der Waals surface area contributed by atoms with Gasteiger partial charge in [-0.15, -0.1) is 0 Å². The van der Waals surface area contributed by atoms with E-state index in [2.05, 4.69) is 48.5 Å². The molecule has 0 radical (unpaired) electrons. The predicted octanol–water partition coefficient (Wildman–Crippen LogP) is 6.30. The molecule has 0 amide bonds. The van der Waals surface area contributed by atoms with Crippen LogP contribution in [-0.2, 0) is 8.85 Å². The first-order valence-corrected chi connectivity index (χ1v) is 11.2. The van der Waals surface area contributed by atoms with E-state index in [0.717, 1.165) is 25.2 Å². The lowest BCUT2D eigenvalue weighted by Gasteiger charge is -2.44. The SMILES string of the molecule is CCCCCC(C)(C)[Si](CC(CC)CC)(OCC)OCC. The van der Waals surface area contributed by atoms with Gasteiger partial charge in [-0.3, -0.25) is 0 Å². The molecule has 0 saturated carbocycles. The molecule has 0 aromatic carbocycles. The average Bonchev–Trinajstić information content (AvgIpc) is 2.45. The van der Waals surface area contributed by atoms with Crippen LogP contribution >= 0.6 is 0 Å². The van der Waals surface area contributed by atoms with E-state index in [9.17, 15) is 0 Å². The van der Waals surface area contributed by atoms with Crippen molar-refractivity contribution in [1.29, 1.82) is 0 Å². The molecule has 0 heterocycles. The summed E-state index contributed by atoms with van der Waals surface area (Å²) in [7, 11) is -2.18. The van der Waals surface area contributed by atoms with Gasteiger partial charge in [-0.05, 0) is 32.2 Å². The molecule has 0 atom stereocenters. The maximum atomic E-state index is 6.42. The second kappa shape index (κ2) is 10.8. The molecule has 0 aliphatic heterocycles. The van der Waals surface area contributed by atoms with Gasteiger partial charge in [0, 0.05) is 18.3 Å². The molecule has 128 valence electrons. The largest absolute Gasteiger partial charge is 0.394 e. The summed E-state index contributed by atoms with van der Waals surface area (Å²) in [5.41, 5.74) is 0. The lowest BCUT2D eigenvalue weighted by atomic mass is 10.0. The van der Waals surface area contributed by atoms with Gasteiger partial charge >= 0.3 is 8.56 Å². The molecule has 0 aromatic heterocycles. The Hall–Kier alpha value is 0.137. The molecule has 3 heteroatoms. The van der Waals surface area contributed by atoms with Gasteiger partial charge in [0.05, 0.1) is 0 Å². The van der Waals surface area contributed by atoms with E-state index in [1.165, 1.54) is 38.5 Å². The number of rotatable bonds is 13. The molecule has 0 unspecified atom stereocenters. The Balaban J connectivity index is 5.21. The molecule has 21 heavy (non-hydrogen) atoms. The van der Waals surface area contributed by atoms with Crippen LogP contribution in [0.3, 0.4) is 0 Å². The summed E-state index contributed by atoms with van der Waals surface area (Å²) in [6.07, 6.45) is 7.58. The van der Waals surface area contributed by atoms with Crippen molar-refractivity contribution in [3.8, 4) is 0 Å². The highest BCUT2D eigenvalue weighted by Crippen LogP contribution is 2.47. The molecular formula is C18H40O2Si. The fourth-order valence-electron chi connectivity index (χ4n) is 3.26. The summed E-state index contributed by atoms with van der Waals surface area (Å²) in [5.74, 6) is 0.736. The molecule has 0 aliphatic carbocycles. The molecule has 0 aromatic rings. The van der Waals surface area contributed by atoms with Crippen LogP contribution in [0.1, 0.15) is 87.0 Å². The van der Waals surface area contributed by atoms with Gasteiger partial charge in [-0.1, -0.05) is 66.7 Å². The quantitative estimate of drug-likeness (QED) is 0.293. The zero-order valence-electron chi connectivity index (χ0n) is 15.8. The molecule has 0 rings (SSSR count). The smallest absolute Gasteiger partial charge is 0.344 e. The lowest BCUT2D eigenvalue weighted by molar-refractivity contribution is 0.147. The highest BCUT2D eigenvalue weighted by molar-refractivity contribution is 6.70. The Morgan fingerprint density at radius 2 is 1.38 bits per heavy atom. The Morgan fingerprint density at radius 1 is 0.857 bits per heavy atom. The third kappa shape index (κ3) is 6.41. The van der Waals surface area contributed by atoms with Crippen molar-refractivity contribution in [3.63, 3.8) is 0 Å². The third-order valence-corrected chi connectivity index (χ3v) is 9.84. The number of hydrogen-bond donors (Lipinski definition) is 0. The highest BCUT2D eigenvalue weighted by Gasteiger charge is 2.51. The van der Waals surface area contributed by atoms with Gasteiger partial charge < -0.3 is 8.85 Å². The van der Waals surface area contributed by atoms with Gasteiger partial charge in [0.1, 0.15) is 0 Å². The van der Waals surface area contributed by atoms with E-state index < -0.39 is 8.56 Å². The first-order chi connectivity index (χ1) is 9.92. The van der Waals surface area contributed by atoms with Crippen molar-refractivity contribution >= 4 is 8.56 Å². The van der Waals surface area contributed by atoms with E-state index >= 15 is 0 Å². The molecule has 2 nitrogen and oxygen atoms in total. The molecule has 0 spiro atoms. The van der Waals surface area contributed by atoms with Crippen molar-refractivity contribution in [2.45, 2.75) is 98.1 Å². The Morgan fingerprint density at radius 3 is 1.76 bits per heavy atom. The standard InChI is InChI=1S/C18H40O2Si/c1-8-13-14-15-18(6,7)21(19-11-4,20-12-5)16-17(9-2)10-3/h17H,8-16H2,1-7H3. The fraction of sp³-hybridized carbons (Fsp3) is 1.00. The van der Waals surface area contributed by atoms with Crippen LogP contribution in [0.25, 0.3) is 0 Å². The van der Waals surface area contributed by atoms with Crippen LogP contribution in [-0.4, -0.2) is 21.8 Å². The fourth-order valence-corrected chi connectivity index (χ4v) is 7.74. The van der Waals surface area contributed by atoms with Crippen LogP contribution in [0.15, 0.2) is 0 Å². The van der Waals surface area contributed by atoms with E-state index in [-0.39, 0.29) is 5.04 Å². The molecule has 0 fully saturated rings. The zero-order chi connectivity index (χ0) is 16.4. The van der Waals surface area contributed by atoms with Crippen LogP contribution in [0, 0.1) is 5.92 Å². The minimum atomic E-state index is -2.18. The third-order valence-electron chi connectivity index (χ3n) is 4.90. The van der Waals surface area contributed by atoms with Crippen LogP contribution in [0.4, 0.5) is 0 Å². The Kier molecular flexibility index (Phi) is 10.9. The van der Waals surface area contributed by atoms with E-state index in [1.807, 2.05) is 0 Å². The maximum Gasteiger partial charge on any atom is 0.344 e. The predicted molar refractivity (Wildman–Crippen MR) is 96.1 cm³/mol. The summed E-state index contributed by atoms with van der Waals surface area (Å²) in [4.78, 5) is 0. The molecule has 0 N–H and O–H groups in total. The maximum absolute atomic E-state index is 6.42. The van der Waals surface area contributed by atoms with Crippen molar-refractivity contribution in [2.24, 2.45) is 5.92 Å². The minimum absolute atomic E-state index is 0.191. The van der Waals surface area contributed by atoms with Crippen molar-refractivity contribution < 1.29 is 8.85 Å². The Bertz CT molecular complexity index is 244. The summed E-state index contributed by atoms with van der Waals surface area (Å²) in [5, 5.41) is 0.191. The topological polar surface area (TPSA) is 18.5 Å². The monoisotopic (exact) mass is 316 g/mol. The first kappa shape index (κ1) is 21.1. The van der Waals surface area contributed by atoms with Gasteiger partial charge in [-0.2, -0.15) is 0 Å². The van der Waals surface area contributed by atoms with Gasteiger partial charge in [0.15, 0.2) is 0 Å². The van der Waals surface area contributed by atoms with Crippen molar-refractivity contribution in [1.82, 2.24) is 0 Å². The second-order valence-electron chi connectivity index (χ2n) is 6.85. The minimum Gasteiger partial charge on any atom is -0.394 e. The van der Waals surface area contributed by atoms with Gasteiger partial charge in [-0.25, -0.2) is 0 Å². The highest BCUT2D eigenvalue weighted by atomic mass is 28.4. The normalized spacial score (nSPS) is 13.1. The molecule has 0 bridgehead atoms. The number of unbranched alkanes of at least 4 members (excludes halogenated alkanes) is 2. The summed E-state index contributed by atoms with van der Waals surface area (Å²) < 4.78 is 12.8. The zero-order valence-corrected chi connectivity index (χ0v) is 16.8. The number of hydrogen-bond acceptors (Lipinski definition) is 2. The lowest BCUT2D eigenvalue weighted by Crippen LogP contribution is -2.52. The molecule has 0 aliphatic rings. The van der Waals surface area contributed by atoms with Gasteiger partial charge in [0.25, 0.3) is 0 Å². The van der Waals surface area contributed by atoms with E-state index in [0.29, 0.717) is 0 Å². The van der Waals surface area contributed by atoms with Crippen LogP contribution in [0.2, 0.25) is 11.1 Å². The van der Waals surface area contributed by atoms with E-state index in [1.54, 1.807) is 0 Å². The molecular weight excluding hydrogens is 276 g/mol. The summed E-state index contributed by atoms with van der Waals surface area (Å²) in [6, 6.07) is 1.15. The molecule has 0 saturated heterocycles.